The summed E-state index contributed by atoms with van der Waals surface area (Å²) in [5.74, 6) is 0.106. The number of hydrogen-bond acceptors (Lipinski definition) is 9. The predicted octanol–water partition coefficient (Wildman–Crippen LogP) is 5.17. The summed E-state index contributed by atoms with van der Waals surface area (Å²) in [6.45, 7) is 12.1. The standard InChI is InChI=1S/C12H14N2O3S.C10H9NO3S.C3H7I.CH3F/c1-4-7-5-8(15)17-11-9(7)10(16)13-12(14-11)18-6(2)3;1-2-5-3-8(12)14-6-4-7(15)11-10(13)9(5)6;1-3(2)4;1-2/h5-6H,4H2,1-3H3,(H,13,14,16);3H,2,4H2,1H3,(H,11,13,15);3H,1-2H3;1H3/i;;;1D. The van der Waals surface area contributed by atoms with Crippen LogP contribution in [-0.4, -0.2) is 37.2 Å². The number of aromatic amines is 1. The second kappa shape index (κ2) is 16.7. The van der Waals surface area contributed by atoms with Crippen molar-refractivity contribution >= 4 is 68.6 Å². The van der Waals surface area contributed by atoms with E-state index in [0.29, 0.717) is 57.2 Å². The molecular formula is C26H33FIN3O6S2. The molecule has 0 aromatic carbocycles. The average molecular weight is 695 g/mol. The molecule has 3 aromatic rings. The number of carbonyl (C=O) groups excluding carboxylic acids is 1. The maximum absolute atomic E-state index is 12.0. The topological polar surface area (TPSA) is 135 Å². The highest BCUT2D eigenvalue weighted by atomic mass is 127. The largest absolute Gasteiger partial charge is 0.427 e. The van der Waals surface area contributed by atoms with Crippen molar-refractivity contribution in [3.8, 4) is 0 Å². The van der Waals surface area contributed by atoms with Crippen LogP contribution in [0, 0.1) is 0 Å². The van der Waals surface area contributed by atoms with Crippen LogP contribution in [0.1, 0.15) is 70.2 Å². The number of thioether (sulfide) groups is 1. The van der Waals surface area contributed by atoms with Crippen molar-refractivity contribution in [2.24, 2.45) is 0 Å². The summed E-state index contributed by atoms with van der Waals surface area (Å²) in [5.41, 5.74) is 0.791. The third-order valence-corrected chi connectivity index (χ3v) is 5.84. The van der Waals surface area contributed by atoms with Crippen molar-refractivity contribution < 1.29 is 19.4 Å². The van der Waals surface area contributed by atoms with Crippen LogP contribution in [0.3, 0.4) is 0 Å². The van der Waals surface area contributed by atoms with Gasteiger partial charge in [0.2, 0.25) is 5.71 Å². The summed E-state index contributed by atoms with van der Waals surface area (Å²) in [4.78, 5) is 53.5. The number of alkyl halides is 2. The van der Waals surface area contributed by atoms with Crippen LogP contribution in [-0.2, 0) is 19.3 Å². The van der Waals surface area contributed by atoms with Gasteiger partial charge in [-0.2, -0.15) is 4.98 Å². The molecule has 0 atom stereocenters. The minimum Gasteiger partial charge on any atom is -0.427 e. The van der Waals surface area contributed by atoms with E-state index in [1.807, 2.05) is 27.7 Å². The SMILES string of the molecule is CC(C)I.CCc1cc(=O)oc2c1C(=O)NC(=S)C2.CCc1cc(=O)oc2nc(SC(C)C)[nH]c(=O)c12.[2H]CF. The molecule has 0 saturated heterocycles. The number of H-pyrrole nitrogens is 1. The van der Waals surface area contributed by atoms with Crippen molar-refractivity contribution in [3.63, 3.8) is 0 Å². The molecule has 0 radical (unpaired) electrons. The van der Waals surface area contributed by atoms with Gasteiger partial charge in [-0.3, -0.25) is 14.0 Å². The van der Waals surface area contributed by atoms with Crippen LogP contribution in [0.2, 0.25) is 0 Å². The Hall–Kier alpha value is -2.39. The molecular weight excluding hydrogens is 660 g/mol. The number of halogens is 2. The number of aryl methyl sites for hydroxylation is 2. The molecule has 0 fully saturated rings. The van der Waals surface area contributed by atoms with Crippen LogP contribution in [0.4, 0.5) is 4.39 Å². The number of aromatic nitrogens is 2. The predicted molar refractivity (Wildman–Crippen MR) is 166 cm³/mol. The third-order valence-electron chi connectivity index (χ3n) is 4.70. The smallest absolute Gasteiger partial charge is 0.337 e. The first-order valence-corrected chi connectivity index (χ1v) is 14.5. The summed E-state index contributed by atoms with van der Waals surface area (Å²) in [5, 5.41) is 3.68. The van der Waals surface area contributed by atoms with E-state index in [1.165, 1.54) is 23.9 Å². The Morgan fingerprint density at radius 1 is 1.10 bits per heavy atom. The van der Waals surface area contributed by atoms with Gasteiger partial charge < -0.3 is 19.1 Å². The molecule has 0 spiro atoms. The Balaban J connectivity index is 0.000000328. The molecule has 39 heavy (non-hydrogen) atoms. The van der Waals surface area contributed by atoms with Gasteiger partial charge in [0.25, 0.3) is 11.5 Å². The minimum atomic E-state index is -1.00. The van der Waals surface area contributed by atoms with Gasteiger partial charge in [-0.15, -0.1) is 0 Å². The molecule has 3 aromatic heterocycles. The summed E-state index contributed by atoms with van der Waals surface area (Å²) in [7, 11) is -1.00. The van der Waals surface area contributed by atoms with Crippen molar-refractivity contribution in [1.82, 2.24) is 15.3 Å². The van der Waals surface area contributed by atoms with E-state index in [-0.39, 0.29) is 22.4 Å². The molecule has 0 unspecified atom stereocenters. The lowest BCUT2D eigenvalue weighted by Gasteiger charge is -2.17. The maximum Gasteiger partial charge on any atom is 0.337 e. The number of amides is 1. The van der Waals surface area contributed by atoms with E-state index < -0.39 is 18.4 Å². The van der Waals surface area contributed by atoms with E-state index in [9.17, 15) is 23.6 Å². The Kier molecular flexibility index (Phi) is 14.0. The lowest BCUT2D eigenvalue weighted by atomic mass is 10.0. The molecule has 1 aliphatic heterocycles. The zero-order valence-corrected chi connectivity index (χ0v) is 26.4. The maximum atomic E-state index is 12.0. The number of nitrogens with zero attached hydrogens (tertiary/aromatic N) is 1. The fraction of sp³-hybridized carbons (Fsp3) is 0.462. The van der Waals surface area contributed by atoms with Crippen molar-refractivity contribution in [3.05, 3.63) is 65.8 Å². The number of fused-ring (bicyclic) bond motifs is 2. The lowest BCUT2D eigenvalue weighted by molar-refractivity contribution is 0.0968. The van der Waals surface area contributed by atoms with Crippen LogP contribution >= 0.6 is 46.6 Å². The molecule has 2 N–H and O–H groups in total. The highest BCUT2D eigenvalue weighted by molar-refractivity contribution is 14.1. The Morgan fingerprint density at radius 2 is 1.64 bits per heavy atom. The highest BCUT2D eigenvalue weighted by Crippen LogP contribution is 2.20. The fourth-order valence-electron chi connectivity index (χ4n) is 3.34. The first-order valence-electron chi connectivity index (χ1n) is 12.7. The molecule has 0 aliphatic carbocycles. The Labute approximate surface area is 250 Å². The Morgan fingerprint density at radius 3 is 2.18 bits per heavy atom. The molecule has 4 rings (SSSR count). The summed E-state index contributed by atoms with van der Waals surface area (Å²) in [6.07, 6.45) is 1.52. The number of nitrogens with one attached hydrogen (secondary N) is 2. The van der Waals surface area contributed by atoms with Gasteiger partial charge in [-0.1, -0.05) is 88.1 Å². The normalized spacial score (nSPS) is 12.3. The first-order chi connectivity index (χ1) is 18.8. The van der Waals surface area contributed by atoms with Crippen molar-refractivity contribution in [2.45, 2.75) is 75.1 Å². The van der Waals surface area contributed by atoms with Gasteiger partial charge in [-0.25, -0.2) is 9.59 Å². The minimum absolute atomic E-state index is 0.117. The van der Waals surface area contributed by atoms with E-state index in [0.717, 1.165) is 3.92 Å². The van der Waals surface area contributed by atoms with E-state index in [2.05, 4.69) is 51.7 Å². The van der Waals surface area contributed by atoms with Gasteiger partial charge >= 0.3 is 11.3 Å². The van der Waals surface area contributed by atoms with Gasteiger partial charge in [0.05, 0.1) is 25.5 Å². The van der Waals surface area contributed by atoms with Crippen molar-refractivity contribution in [1.29, 1.82) is 0 Å². The Bertz CT molecular complexity index is 1490. The second-order valence-electron chi connectivity index (χ2n) is 8.47. The quantitative estimate of drug-likeness (QED) is 0.125. The number of rotatable bonds is 4. The summed E-state index contributed by atoms with van der Waals surface area (Å²) >= 11 is 8.65. The van der Waals surface area contributed by atoms with E-state index in [1.54, 1.807) is 0 Å². The molecule has 13 heteroatoms. The summed E-state index contributed by atoms with van der Waals surface area (Å²) in [6, 6.07) is 2.70. The van der Waals surface area contributed by atoms with Gasteiger partial charge in [0.1, 0.15) is 11.1 Å². The van der Waals surface area contributed by atoms with Crippen LogP contribution in [0.5, 0.6) is 0 Å². The highest BCUT2D eigenvalue weighted by Gasteiger charge is 2.25. The molecule has 4 heterocycles. The molecule has 1 aliphatic rings. The van der Waals surface area contributed by atoms with Gasteiger partial charge in [0, 0.05) is 21.3 Å². The monoisotopic (exact) mass is 694 g/mol. The van der Waals surface area contributed by atoms with Crippen molar-refractivity contribution in [2.75, 3.05) is 7.15 Å². The number of thiocarbonyl (C=S) groups is 1. The van der Waals surface area contributed by atoms with Gasteiger partial charge in [0.15, 0.2) is 5.16 Å². The lowest BCUT2D eigenvalue weighted by Crippen LogP contribution is -2.37. The van der Waals surface area contributed by atoms with Crippen LogP contribution in [0.25, 0.3) is 11.1 Å². The summed E-state index contributed by atoms with van der Waals surface area (Å²) < 4.78 is 26.3. The number of hydrogen-bond donors (Lipinski definition) is 2. The number of carbonyl (C=O) groups is 1. The zero-order chi connectivity index (χ0) is 30.6. The molecule has 214 valence electrons. The second-order valence-corrected chi connectivity index (χ2v) is 13.0. The van der Waals surface area contributed by atoms with Crippen LogP contribution in [0.15, 0.2) is 40.5 Å². The van der Waals surface area contributed by atoms with E-state index in [4.69, 9.17) is 22.4 Å². The molecule has 0 saturated carbocycles. The molecule has 9 nitrogen and oxygen atoms in total. The first kappa shape index (κ1) is 32.8. The van der Waals surface area contributed by atoms with Crippen LogP contribution < -0.4 is 22.1 Å². The van der Waals surface area contributed by atoms with E-state index >= 15 is 0 Å². The molecule has 0 bridgehead atoms. The zero-order valence-electron chi connectivity index (χ0n) is 23.6. The average Bonchev–Trinajstić information content (AvgIpc) is 2.82. The third kappa shape index (κ3) is 10.6. The molecule has 1 amide bonds. The fourth-order valence-corrected chi connectivity index (χ4v) is 4.29. The van der Waals surface area contributed by atoms with Gasteiger partial charge in [-0.05, 0) is 24.0 Å².